The molecule has 2 heterocycles. The number of esters is 1. The maximum Gasteiger partial charge on any atom is 0.308 e. The molecule has 9 heteroatoms. The molecule has 0 aliphatic carbocycles. The Balaban J connectivity index is 1.48. The molecule has 4 rings (SSSR count). The Bertz CT molecular complexity index is 1100. The van der Waals surface area contributed by atoms with Crippen molar-refractivity contribution in [2.45, 2.75) is 95.3 Å². The van der Waals surface area contributed by atoms with E-state index in [9.17, 15) is 9.90 Å². The number of carbonyl (C=O) groups is 1. The van der Waals surface area contributed by atoms with Crippen LogP contribution in [0.25, 0.3) is 0 Å². The third-order valence-electron chi connectivity index (χ3n) is 7.95. The predicted molar refractivity (Wildman–Crippen MR) is 152 cm³/mol. The van der Waals surface area contributed by atoms with E-state index in [-0.39, 0.29) is 31.2 Å². The lowest BCUT2D eigenvalue weighted by atomic mass is 9.77. The highest BCUT2D eigenvalue weighted by atomic mass is 16.6. The Labute approximate surface area is 243 Å². The summed E-state index contributed by atoms with van der Waals surface area (Å²) in [6.07, 6.45) is -0.0932. The summed E-state index contributed by atoms with van der Waals surface area (Å²) in [7, 11) is 3.28. The Morgan fingerprint density at radius 3 is 2.15 bits per heavy atom. The molecular weight excluding hydrogens is 528 g/mol. The summed E-state index contributed by atoms with van der Waals surface area (Å²) in [5, 5.41) is 11.4. The second kappa shape index (κ2) is 14.0. The van der Waals surface area contributed by atoms with Crippen molar-refractivity contribution in [1.82, 2.24) is 0 Å². The molecule has 2 aromatic rings. The molecule has 226 valence electrons. The lowest BCUT2D eigenvalue weighted by molar-refractivity contribution is -0.273. The monoisotopic (exact) mass is 572 g/mol. The molecule has 0 amide bonds. The quantitative estimate of drug-likeness (QED) is 0.366. The summed E-state index contributed by atoms with van der Waals surface area (Å²) < 4.78 is 41.4. The van der Waals surface area contributed by atoms with Crippen molar-refractivity contribution in [2.24, 2.45) is 0 Å². The van der Waals surface area contributed by atoms with E-state index in [1.807, 2.05) is 55.5 Å². The van der Waals surface area contributed by atoms with Gasteiger partial charge in [-0.1, -0.05) is 24.3 Å². The summed E-state index contributed by atoms with van der Waals surface area (Å²) >= 11 is 0. The van der Waals surface area contributed by atoms with Crippen LogP contribution in [0.5, 0.6) is 11.5 Å². The molecule has 2 fully saturated rings. The van der Waals surface area contributed by atoms with E-state index in [2.05, 4.69) is 0 Å². The zero-order valence-corrected chi connectivity index (χ0v) is 24.8. The van der Waals surface area contributed by atoms with Gasteiger partial charge in [-0.25, -0.2) is 0 Å². The van der Waals surface area contributed by atoms with E-state index < -0.39 is 23.4 Å². The van der Waals surface area contributed by atoms with Crippen LogP contribution < -0.4 is 9.47 Å². The van der Waals surface area contributed by atoms with Crippen LogP contribution in [-0.2, 0) is 41.7 Å². The highest BCUT2D eigenvalue weighted by Gasteiger charge is 2.55. The van der Waals surface area contributed by atoms with Crippen molar-refractivity contribution in [3.8, 4) is 11.5 Å². The van der Waals surface area contributed by atoms with Gasteiger partial charge in [-0.15, -0.1) is 0 Å². The highest BCUT2D eigenvalue weighted by molar-refractivity contribution is 5.70. The van der Waals surface area contributed by atoms with Gasteiger partial charge in [0.25, 0.3) is 0 Å². The number of benzene rings is 2. The Morgan fingerprint density at radius 2 is 1.56 bits per heavy atom. The highest BCUT2D eigenvalue weighted by Crippen LogP contribution is 2.44. The Hall–Kier alpha value is -2.69. The predicted octanol–water partition coefficient (Wildman–Crippen LogP) is 4.61. The number of methoxy groups -OCH3 is 2. The van der Waals surface area contributed by atoms with Crippen LogP contribution in [0, 0.1) is 0 Å². The van der Waals surface area contributed by atoms with Crippen LogP contribution >= 0.6 is 0 Å². The van der Waals surface area contributed by atoms with Gasteiger partial charge in [0.05, 0.1) is 76.6 Å². The third kappa shape index (κ3) is 8.20. The van der Waals surface area contributed by atoms with Gasteiger partial charge in [0, 0.05) is 6.42 Å². The zero-order chi connectivity index (χ0) is 29.5. The number of ether oxygens (including phenoxy) is 7. The van der Waals surface area contributed by atoms with Crippen molar-refractivity contribution < 1.29 is 43.1 Å². The van der Waals surface area contributed by atoms with Crippen molar-refractivity contribution >= 4 is 5.97 Å². The maximum atomic E-state index is 12.2. The van der Waals surface area contributed by atoms with Gasteiger partial charge in [-0.2, -0.15) is 0 Å². The molecule has 1 unspecified atom stereocenters. The van der Waals surface area contributed by atoms with Gasteiger partial charge in [0.15, 0.2) is 0 Å². The fourth-order valence-corrected chi connectivity index (χ4v) is 5.75. The average molecular weight is 573 g/mol. The van der Waals surface area contributed by atoms with Gasteiger partial charge < -0.3 is 38.3 Å². The Morgan fingerprint density at radius 1 is 0.951 bits per heavy atom. The standard InChI is InChI=1S/C32H44O9/c1-6-38-30(33)17-29-31(2,34)21-32(3)28(40-29)16-15-26(39-19-23-9-13-25(36-5)14-10-23)27(41-32)20-37-18-22-7-11-24(35-4)12-8-22/h7-14,26-29,34H,6,15-21H2,1-5H3/t26-,27+,28?,29-,31+,32-/m1/s1. The van der Waals surface area contributed by atoms with Gasteiger partial charge in [-0.05, 0) is 69.0 Å². The molecule has 2 aliphatic heterocycles. The SMILES string of the molecule is CCOC(=O)C[C@H]1OC2CC[C@@H](OCc3ccc(OC)cc3)[C@H](COCc3ccc(OC)cc3)O[C@]2(C)C[C@]1(C)O. The van der Waals surface area contributed by atoms with E-state index in [0.717, 1.165) is 22.6 Å². The van der Waals surface area contributed by atoms with E-state index in [4.69, 9.17) is 33.2 Å². The van der Waals surface area contributed by atoms with Crippen molar-refractivity contribution in [3.05, 3.63) is 59.7 Å². The molecule has 9 nitrogen and oxygen atoms in total. The zero-order valence-electron chi connectivity index (χ0n) is 24.8. The molecule has 2 aliphatic rings. The largest absolute Gasteiger partial charge is 0.497 e. The van der Waals surface area contributed by atoms with E-state index >= 15 is 0 Å². The molecule has 0 spiro atoms. The minimum Gasteiger partial charge on any atom is -0.497 e. The van der Waals surface area contributed by atoms with Crippen LogP contribution in [0.4, 0.5) is 0 Å². The minimum atomic E-state index is -1.28. The first-order valence-electron chi connectivity index (χ1n) is 14.3. The number of hydrogen-bond acceptors (Lipinski definition) is 9. The van der Waals surface area contributed by atoms with Crippen LogP contribution in [0.3, 0.4) is 0 Å². The van der Waals surface area contributed by atoms with Gasteiger partial charge in [-0.3, -0.25) is 4.79 Å². The fourth-order valence-electron chi connectivity index (χ4n) is 5.75. The summed E-state index contributed by atoms with van der Waals surface area (Å²) in [5.41, 5.74) is -0.0488. The average Bonchev–Trinajstić information content (AvgIpc) is 3.07. The molecule has 1 N–H and O–H groups in total. The molecule has 2 saturated heterocycles. The van der Waals surface area contributed by atoms with Crippen molar-refractivity contribution in [3.63, 3.8) is 0 Å². The van der Waals surface area contributed by atoms with Gasteiger partial charge in [0.1, 0.15) is 17.6 Å². The molecule has 0 bridgehead atoms. The van der Waals surface area contributed by atoms with E-state index in [1.165, 1.54) is 0 Å². The summed E-state index contributed by atoms with van der Waals surface area (Å²) in [6, 6.07) is 15.5. The molecule has 0 aromatic heterocycles. The van der Waals surface area contributed by atoms with E-state index in [0.29, 0.717) is 39.1 Å². The third-order valence-corrected chi connectivity index (χ3v) is 7.95. The molecule has 0 radical (unpaired) electrons. The second-order valence-corrected chi connectivity index (χ2v) is 11.3. The first-order chi connectivity index (χ1) is 19.7. The smallest absolute Gasteiger partial charge is 0.308 e. The van der Waals surface area contributed by atoms with Crippen LogP contribution in [0.1, 0.15) is 57.6 Å². The first-order valence-corrected chi connectivity index (χ1v) is 14.3. The topological polar surface area (TPSA) is 102 Å². The number of aliphatic hydroxyl groups is 1. The fraction of sp³-hybridized carbons (Fsp3) is 0.594. The van der Waals surface area contributed by atoms with Crippen molar-refractivity contribution in [2.75, 3.05) is 27.4 Å². The lowest BCUT2D eigenvalue weighted by Gasteiger charge is -2.50. The van der Waals surface area contributed by atoms with Crippen LogP contribution in [-0.4, -0.2) is 74.1 Å². The van der Waals surface area contributed by atoms with E-state index in [1.54, 1.807) is 28.1 Å². The lowest BCUT2D eigenvalue weighted by Crippen LogP contribution is -2.61. The summed E-state index contributed by atoms with van der Waals surface area (Å²) in [6.45, 7) is 6.81. The van der Waals surface area contributed by atoms with Gasteiger partial charge >= 0.3 is 5.97 Å². The number of carbonyl (C=O) groups excluding carboxylic acids is 1. The molecule has 6 atom stereocenters. The minimum absolute atomic E-state index is 0.0147. The second-order valence-electron chi connectivity index (χ2n) is 11.3. The first kappa shape index (κ1) is 31.3. The Kier molecular flexibility index (Phi) is 10.7. The maximum absolute atomic E-state index is 12.2. The van der Waals surface area contributed by atoms with Gasteiger partial charge in [0.2, 0.25) is 0 Å². The number of fused-ring (bicyclic) bond motifs is 1. The van der Waals surface area contributed by atoms with Crippen molar-refractivity contribution in [1.29, 1.82) is 0 Å². The van der Waals surface area contributed by atoms with Crippen LogP contribution in [0.2, 0.25) is 0 Å². The number of rotatable bonds is 12. The number of hydrogen-bond donors (Lipinski definition) is 1. The molecule has 41 heavy (non-hydrogen) atoms. The molecular formula is C32H44O9. The summed E-state index contributed by atoms with van der Waals surface area (Å²) in [5.74, 6) is 1.19. The normalized spacial score (nSPS) is 29.7. The molecule has 2 aromatic carbocycles. The van der Waals surface area contributed by atoms with Crippen LogP contribution in [0.15, 0.2) is 48.5 Å². The molecule has 0 saturated carbocycles. The summed E-state index contributed by atoms with van der Waals surface area (Å²) in [4.78, 5) is 12.2.